The summed E-state index contributed by atoms with van der Waals surface area (Å²) >= 11 is 4.75. The van der Waals surface area contributed by atoms with Gasteiger partial charge >= 0.3 is 5.88 Å². The van der Waals surface area contributed by atoms with Crippen LogP contribution >= 0.6 is 27.3 Å². The standard InChI is InChI=1S/C21H15BrN4O4S/c1-12-3-6-16(13(2)9-12)20(27)25(23-11-15-5-8-19(30-15)26(28)29)21-24-17-7-4-14(22)10-18(17)31-21/h3-11H,1-2H3/b23-11+. The van der Waals surface area contributed by atoms with Crippen molar-refractivity contribution < 1.29 is 14.1 Å². The first kappa shape index (κ1) is 20.9. The fourth-order valence-electron chi connectivity index (χ4n) is 2.96. The summed E-state index contributed by atoms with van der Waals surface area (Å²) in [7, 11) is 0. The monoisotopic (exact) mass is 498 g/mol. The summed E-state index contributed by atoms with van der Waals surface area (Å²) in [5, 5.41) is 16.7. The number of nitro groups is 1. The van der Waals surface area contributed by atoms with Crippen molar-refractivity contribution in [3.05, 3.63) is 85.6 Å². The summed E-state index contributed by atoms with van der Waals surface area (Å²) in [6.45, 7) is 3.81. The van der Waals surface area contributed by atoms with Crippen LogP contribution in [0.2, 0.25) is 0 Å². The molecule has 2 heterocycles. The zero-order chi connectivity index (χ0) is 22.1. The summed E-state index contributed by atoms with van der Waals surface area (Å²) in [4.78, 5) is 28.1. The van der Waals surface area contributed by atoms with E-state index in [1.165, 1.54) is 34.7 Å². The Kier molecular flexibility index (Phi) is 5.66. The number of halogens is 1. The second-order valence-corrected chi connectivity index (χ2v) is 8.65. The van der Waals surface area contributed by atoms with Crippen molar-refractivity contribution in [1.29, 1.82) is 0 Å². The molecule has 0 atom stereocenters. The first-order valence-electron chi connectivity index (χ1n) is 9.08. The molecule has 1 amide bonds. The third-order valence-electron chi connectivity index (χ3n) is 4.42. The van der Waals surface area contributed by atoms with Crippen molar-refractivity contribution in [2.45, 2.75) is 13.8 Å². The van der Waals surface area contributed by atoms with E-state index >= 15 is 0 Å². The van der Waals surface area contributed by atoms with E-state index in [0.717, 1.165) is 25.8 Å². The molecule has 0 saturated heterocycles. The fourth-order valence-corrected chi connectivity index (χ4v) is 4.43. The van der Waals surface area contributed by atoms with E-state index in [-0.39, 0.29) is 11.7 Å². The number of hydrazone groups is 1. The predicted molar refractivity (Wildman–Crippen MR) is 123 cm³/mol. The number of carbonyl (C=O) groups is 1. The SMILES string of the molecule is Cc1ccc(C(=O)N(/N=C/c2ccc([N+](=O)[O-])o2)c2nc3ccc(Br)cc3s2)c(C)c1. The molecule has 0 saturated carbocycles. The topological polar surface area (TPSA) is 102 Å². The summed E-state index contributed by atoms with van der Waals surface area (Å²) < 4.78 is 6.90. The lowest BCUT2D eigenvalue weighted by molar-refractivity contribution is -0.402. The van der Waals surface area contributed by atoms with Gasteiger partial charge in [0.15, 0.2) is 5.76 Å². The number of hydrogen-bond donors (Lipinski definition) is 0. The van der Waals surface area contributed by atoms with Crippen LogP contribution in [0.1, 0.15) is 27.2 Å². The smallest absolute Gasteiger partial charge is 0.400 e. The van der Waals surface area contributed by atoms with Crippen LogP contribution in [0.25, 0.3) is 10.2 Å². The van der Waals surface area contributed by atoms with E-state index in [2.05, 4.69) is 26.0 Å². The van der Waals surface area contributed by atoms with E-state index in [4.69, 9.17) is 4.42 Å². The Labute approximate surface area is 189 Å². The molecule has 2 aromatic heterocycles. The minimum atomic E-state index is -0.638. The minimum absolute atomic E-state index is 0.147. The first-order chi connectivity index (χ1) is 14.8. The number of aromatic nitrogens is 1. The highest BCUT2D eigenvalue weighted by atomic mass is 79.9. The molecule has 0 aliphatic carbocycles. The number of amides is 1. The van der Waals surface area contributed by atoms with Crippen molar-refractivity contribution in [2.75, 3.05) is 5.01 Å². The van der Waals surface area contributed by atoms with E-state index in [0.29, 0.717) is 10.7 Å². The number of nitrogens with zero attached hydrogens (tertiary/aromatic N) is 4. The Morgan fingerprint density at radius 2 is 2.03 bits per heavy atom. The molecular weight excluding hydrogens is 484 g/mol. The molecule has 4 aromatic rings. The summed E-state index contributed by atoms with van der Waals surface area (Å²) in [6.07, 6.45) is 1.26. The van der Waals surface area contributed by atoms with E-state index in [9.17, 15) is 14.9 Å². The van der Waals surface area contributed by atoms with Gasteiger partial charge in [0.25, 0.3) is 5.91 Å². The van der Waals surface area contributed by atoms with Crippen LogP contribution < -0.4 is 5.01 Å². The zero-order valence-corrected chi connectivity index (χ0v) is 18.8. The van der Waals surface area contributed by atoms with Crippen LogP contribution in [0.3, 0.4) is 0 Å². The number of thiazole rings is 1. The number of anilines is 1. The molecule has 0 fully saturated rings. The molecule has 0 spiro atoms. The van der Waals surface area contributed by atoms with Gasteiger partial charge in [-0.15, -0.1) is 0 Å². The third kappa shape index (κ3) is 4.39. The van der Waals surface area contributed by atoms with Gasteiger partial charge in [0.2, 0.25) is 5.13 Å². The summed E-state index contributed by atoms with van der Waals surface area (Å²) in [5.41, 5.74) is 3.05. The van der Waals surface area contributed by atoms with Crippen molar-refractivity contribution in [3.8, 4) is 0 Å². The van der Waals surface area contributed by atoms with Crippen molar-refractivity contribution in [3.63, 3.8) is 0 Å². The quantitative estimate of drug-likeness (QED) is 0.195. The van der Waals surface area contributed by atoms with Crippen molar-refractivity contribution in [1.82, 2.24) is 4.98 Å². The second-order valence-electron chi connectivity index (χ2n) is 6.72. The summed E-state index contributed by atoms with van der Waals surface area (Å²) in [6, 6.07) is 13.8. The predicted octanol–water partition coefficient (Wildman–Crippen LogP) is 5.86. The lowest BCUT2D eigenvalue weighted by Crippen LogP contribution is -2.26. The lowest BCUT2D eigenvalue weighted by atomic mass is 10.1. The van der Waals surface area contributed by atoms with Gasteiger partial charge in [-0.2, -0.15) is 10.1 Å². The Morgan fingerprint density at radius 1 is 1.23 bits per heavy atom. The zero-order valence-electron chi connectivity index (χ0n) is 16.4. The van der Waals surface area contributed by atoms with E-state index < -0.39 is 10.8 Å². The number of hydrogen-bond acceptors (Lipinski definition) is 7. The van der Waals surface area contributed by atoms with E-state index in [1.807, 2.05) is 44.2 Å². The van der Waals surface area contributed by atoms with Gasteiger partial charge in [-0.3, -0.25) is 14.9 Å². The van der Waals surface area contributed by atoms with Crippen LogP contribution in [0, 0.1) is 24.0 Å². The molecule has 10 heteroatoms. The maximum atomic E-state index is 13.4. The second kappa shape index (κ2) is 8.40. The van der Waals surface area contributed by atoms with E-state index in [1.54, 1.807) is 6.07 Å². The van der Waals surface area contributed by atoms with Gasteiger partial charge in [-0.05, 0) is 49.7 Å². The molecular formula is C21H15BrN4O4S. The first-order valence-corrected chi connectivity index (χ1v) is 10.7. The molecule has 8 nitrogen and oxygen atoms in total. The van der Waals surface area contributed by atoms with Gasteiger partial charge in [0.05, 0.1) is 22.5 Å². The Bertz CT molecular complexity index is 1340. The number of fused-ring (bicyclic) bond motifs is 1. The van der Waals surface area contributed by atoms with Gasteiger partial charge in [0, 0.05) is 10.0 Å². The molecule has 0 aliphatic rings. The number of carbonyl (C=O) groups excluding carboxylic acids is 1. The molecule has 31 heavy (non-hydrogen) atoms. The normalized spacial score (nSPS) is 11.3. The van der Waals surface area contributed by atoms with Crippen molar-refractivity contribution in [2.24, 2.45) is 5.10 Å². The lowest BCUT2D eigenvalue weighted by Gasteiger charge is -2.15. The highest BCUT2D eigenvalue weighted by Gasteiger charge is 2.23. The highest BCUT2D eigenvalue weighted by molar-refractivity contribution is 9.10. The Hall–Kier alpha value is -3.37. The van der Waals surface area contributed by atoms with Crippen LogP contribution in [0.4, 0.5) is 11.0 Å². The average molecular weight is 499 g/mol. The van der Waals surface area contributed by atoms with Gasteiger partial charge < -0.3 is 4.42 Å². The van der Waals surface area contributed by atoms with Crippen molar-refractivity contribution >= 4 is 60.6 Å². The molecule has 0 aliphatic heterocycles. The molecule has 4 rings (SSSR count). The Morgan fingerprint density at radius 3 is 2.74 bits per heavy atom. The Balaban J connectivity index is 1.77. The van der Waals surface area contributed by atoms with Gasteiger partial charge in [0.1, 0.15) is 4.92 Å². The maximum Gasteiger partial charge on any atom is 0.433 e. The molecule has 0 unspecified atom stereocenters. The molecule has 0 radical (unpaired) electrons. The largest absolute Gasteiger partial charge is 0.433 e. The minimum Gasteiger partial charge on any atom is -0.400 e. The summed E-state index contributed by atoms with van der Waals surface area (Å²) in [5.74, 6) is -0.625. The molecule has 0 bridgehead atoms. The third-order valence-corrected chi connectivity index (χ3v) is 5.91. The van der Waals surface area contributed by atoms with Gasteiger partial charge in [-0.1, -0.05) is 45.0 Å². The average Bonchev–Trinajstić information content (AvgIpc) is 3.35. The molecule has 2 aromatic carbocycles. The van der Waals surface area contributed by atoms with Crippen LogP contribution in [0.15, 0.2) is 62.5 Å². The van der Waals surface area contributed by atoms with Gasteiger partial charge in [-0.25, -0.2) is 4.98 Å². The maximum absolute atomic E-state index is 13.4. The number of aryl methyl sites for hydroxylation is 2. The number of rotatable bonds is 5. The van der Waals surface area contributed by atoms with Crippen LogP contribution in [-0.2, 0) is 0 Å². The highest BCUT2D eigenvalue weighted by Crippen LogP contribution is 2.32. The van der Waals surface area contributed by atoms with Crippen LogP contribution in [-0.4, -0.2) is 22.0 Å². The fraction of sp³-hybridized carbons (Fsp3) is 0.0952. The number of furan rings is 1. The number of benzene rings is 2. The van der Waals surface area contributed by atoms with Crippen LogP contribution in [0.5, 0.6) is 0 Å². The molecule has 0 N–H and O–H groups in total. The molecule has 156 valence electrons.